The summed E-state index contributed by atoms with van der Waals surface area (Å²) in [6.07, 6.45) is 11.7. The normalized spacial score (nSPS) is 23.2. The molecule has 2 rings (SSSR count). The van der Waals surface area contributed by atoms with Gasteiger partial charge in [-0.1, -0.05) is 77.0 Å². The van der Waals surface area contributed by atoms with Crippen molar-refractivity contribution < 1.29 is 9.13 Å². The Labute approximate surface area is 154 Å². The summed E-state index contributed by atoms with van der Waals surface area (Å²) in [5, 5.41) is 0. The minimum Gasteiger partial charge on any atom is -0.491 e. The molecule has 1 aliphatic rings. The lowest BCUT2D eigenvalue weighted by atomic mass is 9.72. The summed E-state index contributed by atoms with van der Waals surface area (Å²) in [4.78, 5) is 0. The highest BCUT2D eigenvalue weighted by atomic mass is 19.1. The molecule has 2 atom stereocenters. The molecule has 0 bridgehead atoms. The van der Waals surface area contributed by atoms with E-state index < -0.39 is 6.17 Å². The Hall–Kier alpha value is -1.05. The summed E-state index contributed by atoms with van der Waals surface area (Å²) >= 11 is 0. The molecule has 1 saturated carbocycles. The molecule has 0 aromatic heterocycles. The largest absolute Gasteiger partial charge is 0.491 e. The summed E-state index contributed by atoms with van der Waals surface area (Å²) in [6, 6.07) is 9.59. The van der Waals surface area contributed by atoms with Crippen LogP contribution in [0.15, 0.2) is 30.3 Å². The molecule has 0 radical (unpaired) electrons. The maximum Gasteiger partial charge on any atom is 0.134 e. The van der Waals surface area contributed by atoms with Crippen LogP contribution >= 0.6 is 0 Å². The number of para-hydroxylation sites is 1. The number of benzene rings is 1. The van der Waals surface area contributed by atoms with Crippen LogP contribution in [0, 0.1) is 17.8 Å². The van der Waals surface area contributed by atoms with Crippen LogP contribution in [0.2, 0.25) is 0 Å². The number of unbranched alkanes of at least 4 members (excludes halogenated alkanes) is 2. The molecule has 1 aromatic carbocycles. The molecule has 0 amide bonds. The van der Waals surface area contributed by atoms with E-state index in [1.807, 2.05) is 30.3 Å². The molecular formula is C23H37FO. The summed E-state index contributed by atoms with van der Waals surface area (Å²) < 4.78 is 20.0. The Bertz CT molecular complexity index is 439. The molecule has 0 aliphatic heterocycles. The van der Waals surface area contributed by atoms with E-state index in [1.54, 1.807) is 0 Å². The standard InChI is InChI=1S/C23H37FO/c1-3-5-7-10-19-13-15-21(16-14-19)20(4-2)17-22(24)18-25-23-11-8-6-9-12-23/h6,8-9,11-12,19-22H,3-5,7,10,13-18H2,1-2H3. The number of hydrogen-bond donors (Lipinski definition) is 0. The number of hydrogen-bond acceptors (Lipinski definition) is 1. The van der Waals surface area contributed by atoms with Gasteiger partial charge in [0, 0.05) is 0 Å². The number of ether oxygens (including phenoxy) is 1. The Balaban J connectivity index is 1.69. The van der Waals surface area contributed by atoms with Gasteiger partial charge in [0.15, 0.2) is 0 Å². The SMILES string of the molecule is CCCCCC1CCC(C(CC)CC(F)COc2ccccc2)CC1. The zero-order valence-electron chi connectivity index (χ0n) is 16.3. The van der Waals surface area contributed by atoms with E-state index in [-0.39, 0.29) is 6.61 Å². The Morgan fingerprint density at radius 2 is 1.76 bits per heavy atom. The molecule has 1 aliphatic carbocycles. The van der Waals surface area contributed by atoms with Gasteiger partial charge >= 0.3 is 0 Å². The first-order valence-corrected chi connectivity index (χ1v) is 10.5. The van der Waals surface area contributed by atoms with E-state index >= 15 is 0 Å². The highest BCUT2D eigenvalue weighted by Crippen LogP contribution is 2.38. The fraction of sp³-hybridized carbons (Fsp3) is 0.739. The van der Waals surface area contributed by atoms with Crippen LogP contribution in [0.25, 0.3) is 0 Å². The van der Waals surface area contributed by atoms with Gasteiger partial charge < -0.3 is 4.74 Å². The van der Waals surface area contributed by atoms with Crippen molar-refractivity contribution in [3.63, 3.8) is 0 Å². The van der Waals surface area contributed by atoms with Crippen LogP contribution in [0.4, 0.5) is 4.39 Å². The Kier molecular flexibility index (Phi) is 9.36. The minimum atomic E-state index is -0.854. The van der Waals surface area contributed by atoms with Crippen LogP contribution in [-0.4, -0.2) is 12.8 Å². The van der Waals surface area contributed by atoms with Crippen molar-refractivity contribution in [1.82, 2.24) is 0 Å². The Morgan fingerprint density at radius 1 is 1.04 bits per heavy atom. The zero-order valence-corrected chi connectivity index (χ0v) is 16.3. The van der Waals surface area contributed by atoms with E-state index in [9.17, 15) is 4.39 Å². The molecule has 0 saturated heterocycles. The second-order valence-corrected chi connectivity index (χ2v) is 7.90. The molecule has 1 nitrogen and oxygen atoms in total. The highest BCUT2D eigenvalue weighted by Gasteiger charge is 2.28. The molecule has 0 spiro atoms. The van der Waals surface area contributed by atoms with E-state index in [1.165, 1.54) is 51.4 Å². The molecule has 142 valence electrons. The van der Waals surface area contributed by atoms with E-state index in [2.05, 4.69) is 13.8 Å². The molecule has 2 heteroatoms. The first-order valence-electron chi connectivity index (χ1n) is 10.5. The average molecular weight is 349 g/mol. The Morgan fingerprint density at radius 3 is 2.40 bits per heavy atom. The van der Waals surface area contributed by atoms with Crippen molar-refractivity contribution >= 4 is 0 Å². The first kappa shape index (κ1) is 20.3. The predicted molar refractivity (Wildman–Crippen MR) is 105 cm³/mol. The third-order valence-electron chi connectivity index (χ3n) is 6.03. The molecule has 0 heterocycles. The summed E-state index contributed by atoms with van der Waals surface area (Å²) in [5.41, 5.74) is 0. The van der Waals surface area contributed by atoms with Crippen molar-refractivity contribution in [2.45, 2.75) is 84.2 Å². The minimum absolute atomic E-state index is 0.187. The van der Waals surface area contributed by atoms with Crippen molar-refractivity contribution in [2.24, 2.45) is 17.8 Å². The van der Waals surface area contributed by atoms with E-state index in [0.717, 1.165) is 24.0 Å². The van der Waals surface area contributed by atoms with Crippen LogP contribution in [0.5, 0.6) is 5.75 Å². The van der Waals surface area contributed by atoms with Gasteiger partial charge in [0.1, 0.15) is 18.5 Å². The van der Waals surface area contributed by atoms with Gasteiger partial charge in [-0.3, -0.25) is 0 Å². The summed E-state index contributed by atoms with van der Waals surface area (Å²) in [5.74, 6) is 2.95. The average Bonchev–Trinajstić information content (AvgIpc) is 2.66. The molecule has 1 fully saturated rings. The van der Waals surface area contributed by atoms with E-state index in [4.69, 9.17) is 4.74 Å². The topological polar surface area (TPSA) is 9.23 Å². The second kappa shape index (κ2) is 11.5. The zero-order chi connectivity index (χ0) is 17.9. The fourth-order valence-corrected chi connectivity index (χ4v) is 4.42. The molecular weight excluding hydrogens is 311 g/mol. The first-order chi connectivity index (χ1) is 12.2. The lowest BCUT2D eigenvalue weighted by Gasteiger charge is -2.34. The van der Waals surface area contributed by atoms with Gasteiger partial charge in [0.05, 0.1) is 0 Å². The van der Waals surface area contributed by atoms with Gasteiger partial charge in [0.25, 0.3) is 0 Å². The third-order valence-corrected chi connectivity index (χ3v) is 6.03. The molecule has 0 N–H and O–H groups in total. The van der Waals surface area contributed by atoms with Crippen molar-refractivity contribution in [1.29, 1.82) is 0 Å². The van der Waals surface area contributed by atoms with Crippen LogP contribution < -0.4 is 4.74 Å². The van der Waals surface area contributed by atoms with Gasteiger partial charge in [-0.2, -0.15) is 0 Å². The van der Waals surface area contributed by atoms with Gasteiger partial charge in [-0.05, 0) is 49.1 Å². The fourth-order valence-electron chi connectivity index (χ4n) is 4.42. The van der Waals surface area contributed by atoms with Crippen molar-refractivity contribution in [2.75, 3.05) is 6.61 Å². The smallest absolute Gasteiger partial charge is 0.134 e. The third kappa shape index (κ3) is 7.38. The quantitative estimate of drug-likeness (QED) is 0.384. The maximum atomic E-state index is 14.4. The molecule has 2 unspecified atom stereocenters. The molecule has 25 heavy (non-hydrogen) atoms. The van der Waals surface area contributed by atoms with Crippen molar-refractivity contribution in [3.8, 4) is 5.75 Å². The van der Waals surface area contributed by atoms with Gasteiger partial charge in [-0.25, -0.2) is 4.39 Å². The van der Waals surface area contributed by atoms with Gasteiger partial charge in [-0.15, -0.1) is 0 Å². The number of rotatable bonds is 11. The van der Waals surface area contributed by atoms with E-state index in [0.29, 0.717) is 12.3 Å². The molecule has 1 aromatic rings. The number of alkyl halides is 1. The lowest BCUT2D eigenvalue weighted by Crippen LogP contribution is -2.26. The number of halogens is 1. The monoisotopic (exact) mass is 348 g/mol. The summed E-state index contributed by atoms with van der Waals surface area (Å²) in [6.45, 7) is 4.69. The lowest BCUT2D eigenvalue weighted by molar-refractivity contribution is 0.122. The van der Waals surface area contributed by atoms with Crippen LogP contribution in [0.1, 0.15) is 78.1 Å². The maximum absolute atomic E-state index is 14.4. The van der Waals surface area contributed by atoms with Gasteiger partial charge in [0.2, 0.25) is 0 Å². The van der Waals surface area contributed by atoms with Crippen LogP contribution in [0.3, 0.4) is 0 Å². The predicted octanol–water partition coefficient (Wildman–Crippen LogP) is 7.21. The summed E-state index contributed by atoms with van der Waals surface area (Å²) in [7, 11) is 0. The van der Waals surface area contributed by atoms with Crippen LogP contribution in [-0.2, 0) is 0 Å². The van der Waals surface area contributed by atoms with Crippen molar-refractivity contribution in [3.05, 3.63) is 30.3 Å². The highest BCUT2D eigenvalue weighted by molar-refractivity contribution is 5.20. The second-order valence-electron chi connectivity index (χ2n) is 7.90.